The van der Waals surface area contributed by atoms with Gasteiger partial charge in [-0.3, -0.25) is 4.79 Å². The van der Waals surface area contributed by atoms with Gasteiger partial charge in [0.15, 0.2) is 0 Å². The maximum absolute atomic E-state index is 12.8. The van der Waals surface area contributed by atoms with Gasteiger partial charge < -0.3 is 15.0 Å². The second-order valence-corrected chi connectivity index (χ2v) is 7.10. The summed E-state index contributed by atoms with van der Waals surface area (Å²) in [5.74, 6) is 0.562. The number of rotatable bonds is 3. The number of carbonyl (C=O) groups is 1. The van der Waals surface area contributed by atoms with Crippen LogP contribution in [0.2, 0.25) is 0 Å². The molecule has 25 heavy (non-hydrogen) atoms. The van der Waals surface area contributed by atoms with Crippen molar-refractivity contribution < 1.29 is 9.53 Å². The molecule has 0 saturated heterocycles. The minimum atomic E-state index is -0.101. The van der Waals surface area contributed by atoms with Crippen LogP contribution in [-0.4, -0.2) is 31.5 Å². The molecule has 0 atom stereocenters. The number of likely N-dealkylation sites (N-methyl/N-ethyl adjacent to an activating group) is 1. The number of fused-ring (bicyclic) bond motifs is 2. The summed E-state index contributed by atoms with van der Waals surface area (Å²) in [6.45, 7) is 2.02. The molecule has 1 aliphatic heterocycles. The first-order valence-corrected chi connectivity index (χ1v) is 8.95. The van der Waals surface area contributed by atoms with Crippen LogP contribution < -0.4 is 10.1 Å². The third-order valence-electron chi connectivity index (χ3n) is 5.33. The van der Waals surface area contributed by atoms with E-state index in [1.54, 1.807) is 7.11 Å². The molecule has 2 aliphatic rings. The molecule has 0 radical (unpaired) electrons. The largest absolute Gasteiger partial charge is 0.496 e. The Hall–Kier alpha value is -2.33. The number of hydrogen-bond donors (Lipinski definition) is 1. The second-order valence-electron chi connectivity index (χ2n) is 7.10. The number of ether oxygens (including phenoxy) is 1. The predicted molar refractivity (Wildman–Crippen MR) is 99.5 cm³/mol. The number of methoxy groups -OCH3 is 1. The summed E-state index contributed by atoms with van der Waals surface area (Å²) in [5.41, 5.74) is 6.74. The quantitative estimate of drug-likeness (QED) is 0.934. The molecule has 1 amide bonds. The predicted octanol–water partition coefficient (Wildman–Crippen LogP) is 3.42. The van der Waals surface area contributed by atoms with Crippen LogP contribution in [-0.2, 0) is 25.8 Å². The van der Waals surface area contributed by atoms with Gasteiger partial charge in [-0.25, -0.2) is 0 Å². The molecule has 1 N–H and O–H groups in total. The van der Waals surface area contributed by atoms with Gasteiger partial charge in [0.05, 0.1) is 12.7 Å². The zero-order valence-electron chi connectivity index (χ0n) is 14.9. The van der Waals surface area contributed by atoms with Crippen molar-refractivity contribution >= 4 is 11.6 Å². The molecule has 4 heteroatoms. The highest BCUT2D eigenvalue weighted by atomic mass is 16.5. The summed E-state index contributed by atoms with van der Waals surface area (Å²) in [7, 11) is 3.76. The normalized spacial score (nSPS) is 16.2. The van der Waals surface area contributed by atoms with Crippen LogP contribution in [0.5, 0.6) is 5.75 Å². The highest BCUT2D eigenvalue weighted by Gasteiger charge is 2.20. The Morgan fingerprint density at radius 1 is 1.04 bits per heavy atom. The van der Waals surface area contributed by atoms with Gasteiger partial charge in [-0.15, -0.1) is 0 Å². The van der Waals surface area contributed by atoms with Crippen molar-refractivity contribution in [1.29, 1.82) is 0 Å². The van der Waals surface area contributed by atoms with Gasteiger partial charge in [0.25, 0.3) is 5.91 Å². The maximum Gasteiger partial charge on any atom is 0.259 e. The molecule has 4 rings (SSSR count). The Balaban J connectivity index is 1.59. The van der Waals surface area contributed by atoms with E-state index in [0.717, 1.165) is 44.5 Å². The number of nitrogens with one attached hydrogen (secondary N) is 1. The SMILES string of the molecule is COc1cc2c(cc1C(=O)Nc1ccc3c(c1)CN(C)CC3)CCC2. The molecule has 130 valence electrons. The average Bonchev–Trinajstić information content (AvgIpc) is 3.07. The van der Waals surface area contributed by atoms with E-state index in [0.29, 0.717) is 11.3 Å². The van der Waals surface area contributed by atoms with E-state index in [-0.39, 0.29) is 5.91 Å². The highest BCUT2D eigenvalue weighted by molar-refractivity contribution is 6.06. The standard InChI is InChI=1S/C21H24N2O2/c1-23-9-8-14-6-7-18(10-17(14)13-23)22-21(24)19-11-15-4-3-5-16(15)12-20(19)25-2/h6-7,10-12H,3-5,8-9,13H2,1-2H3,(H,22,24). The molecule has 2 aromatic carbocycles. The monoisotopic (exact) mass is 336 g/mol. The summed E-state index contributed by atoms with van der Waals surface area (Å²) in [5, 5.41) is 3.05. The van der Waals surface area contributed by atoms with E-state index >= 15 is 0 Å². The minimum absolute atomic E-state index is 0.101. The molecule has 0 unspecified atom stereocenters. The van der Waals surface area contributed by atoms with Gasteiger partial charge >= 0.3 is 0 Å². The molecule has 2 aromatic rings. The number of nitrogens with zero attached hydrogens (tertiary/aromatic N) is 1. The van der Waals surface area contributed by atoms with E-state index in [4.69, 9.17) is 4.74 Å². The molecular formula is C21H24N2O2. The third kappa shape index (κ3) is 3.14. The fraction of sp³-hybridized carbons (Fsp3) is 0.381. The van der Waals surface area contributed by atoms with Crippen molar-refractivity contribution in [3.05, 3.63) is 58.1 Å². The van der Waals surface area contributed by atoms with Gasteiger partial charge in [0.1, 0.15) is 5.75 Å². The van der Waals surface area contributed by atoms with Gasteiger partial charge in [0.2, 0.25) is 0 Å². The number of benzene rings is 2. The van der Waals surface area contributed by atoms with E-state index in [1.807, 2.05) is 18.2 Å². The zero-order chi connectivity index (χ0) is 17.4. The van der Waals surface area contributed by atoms with E-state index in [2.05, 4.69) is 29.4 Å². The average molecular weight is 336 g/mol. The fourth-order valence-electron chi connectivity index (χ4n) is 3.92. The van der Waals surface area contributed by atoms with Crippen LogP contribution in [0, 0.1) is 0 Å². The van der Waals surface area contributed by atoms with Crippen LogP contribution in [0.15, 0.2) is 30.3 Å². The zero-order valence-corrected chi connectivity index (χ0v) is 14.9. The van der Waals surface area contributed by atoms with Crippen LogP contribution in [0.3, 0.4) is 0 Å². The number of anilines is 1. The van der Waals surface area contributed by atoms with Gasteiger partial charge in [0, 0.05) is 18.8 Å². The lowest BCUT2D eigenvalue weighted by Crippen LogP contribution is -2.26. The molecule has 0 spiro atoms. The van der Waals surface area contributed by atoms with Crippen LogP contribution >= 0.6 is 0 Å². The van der Waals surface area contributed by atoms with Crippen molar-refractivity contribution in [2.24, 2.45) is 0 Å². The van der Waals surface area contributed by atoms with Crippen molar-refractivity contribution in [3.8, 4) is 5.75 Å². The Bertz CT molecular complexity index is 829. The van der Waals surface area contributed by atoms with Gasteiger partial charge in [-0.05, 0) is 79.3 Å². The van der Waals surface area contributed by atoms with E-state index in [9.17, 15) is 4.79 Å². The molecular weight excluding hydrogens is 312 g/mol. The number of carbonyl (C=O) groups excluding carboxylic acids is 1. The molecule has 1 aliphatic carbocycles. The topological polar surface area (TPSA) is 41.6 Å². The van der Waals surface area contributed by atoms with Crippen LogP contribution in [0.4, 0.5) is 5.69 Å². The maximum atomic E-state index is 12.8. The highest BCUT2D eigenvalue weighted by Crippen LogP contribution is 2.30. The van der Waals surface area contributed by atoms with Crippen molar-refractivity contribution in [2.75, 3.05) is 26.0 Å². The van der Waals surface area contributed by atoms with Crippen LogP contribution in [0.25, 0.3) is 0 Å². The fourth-order valence-corrected chi connectivity index (χ4v) is 3.92. The first kappa shape index (κ1) is 16.2. The van der Waals surface area contributed by atoms with Crippen molar-refractivity contribution in [3.63, 3.8) is 0 Å². The smallest absolute Gasteiger partial charge is 0.259 e. The third-order valence-corrected chi connectivity index (χ3v) is 5.33. The summed E-state index contributed by atoms with van der Waals surface area (Å²) in [6.07, 6.45) is 4.34. The Kier molecular flexibility index (Phi) is 4.22. The molecule has 0 saturated carbocycles. The number of aryl methyl sites for hydroxylation is 2. The minimum Gasteiger partial charge on any atom is -0.496 e. The summed E-state index contributed by atoms with van der Waals surface area (Å²) in [4.78, 5) is 15.1. The Morgan fingerprint density at radius 2 is 1.84 bits per heavy atom. The number of amides is 1. The molecule has 0 bridgehead atoms. The van der Waals surface area contributed by atoms with E-state index in [1.165, 1.54) is 22.3 Å². The van der Waals surface area contributed by atoms with Crippen LogP contribution in [0.1, 0.15) is 39.0 Å². The lowest BCUT2D eigenvalue weighted by atomic mass is 9.99. The lowest BCUT2D eigenvalue weighted by molar-refractivity contribution is 0.102. The van der Waals surface area contributed by atoms with Crippen molar-refractivity contribution in [2.45, 2.75) is 32.2 Å². The molecule has 1 heterocycles. The summed E-state index contributed by atoms with van der Waals surface area (Å²) >= 11 is 0. The van der Waals surface area contributed by atoms with E-state index < -0.39 is 0 Å². The summed E-state index contributed by atoms with van der Waals surface area (Å²) in [6, 6.07) is 10.3. The first-order valence-electron chi connectivity index (χ1n) is 8.95. The van der Waals surface area contributed by atoms with Crippen molar-refractivity contribution in [1.82, 2.24) is 4.90 Å². The number of hydrogen-bond acceptors (Lipinski definition) is 3. The Morgan fingerprint density at radius 3 is 2.64 bits per heavy atom. The Labute approximate surface area is 148 Å². The molecule has 4 nitrogen and oxygen atoms in total. The lowest BCUT2D eigenvalue weighted by Gasteiger charge is -2.25. The molecule has 0 fully saturated rings. The molecule has 0 aromatic heterocycles. The van der Waals surface area contributed by atoms with Gasteiger partial charge in [-0.2, -0.15) is 0 Å². The second kappa shape index (κ2) is 6.52. The van der Waals surface area contributed by atoms with Gasteiger partial charge in [-0.1, -0.05) is 6.07 Å². The first-order chi connectivity index (χ1) is 12.1. The summed E-state index contributed by atoms with van der Waals surface area (Å²) < 4.78 is 5.47.